The van der Waals surface area contributed by atoms with E-state index in [-0.39, 0.29) is 12.4 Å². The first-order valence-electron chi connectivity index (χ1n) is 11.4. The van der Waals surface area contributed by atoms with Gasteiger partial charge in [0.05, 0.1) is 24.5 Å². The third-order valence-electron chi connectivity index (χ3n) is 5.29. The topological polar surface area (TPSA) is 86.2 Å². The number of amides is 1. The normalized spacial score (nSPS) is 10.7. The Labute approximate surface area is 229 Å². The quantitative estimate of drug-likeness (QED) is 0.111. The molecule has 0 fully saturated rings. The predicted octanol–water partition coefficient (Wildman–Crippen LogP) is 6.56. The molecule has 1 N–H and O–H groups in total. The fourth-order valence-corrected chi connectivity index (χ4v) is 3.59. The molecule has 7 nitrogen and oxygen atoms in total. The van der Waals surface area contributed by atoms with Gasteiger partial charge in [0, 0.05) is 10.0 Å². The summed E-state index contributed by atoms with van der Waals surface area (Å²) in [6.07, 6.45) is 1.45. The van der Waals surface area contributed by atoms with E-state index >= 15 is 0 Å². The molecular weight excluding hydrogens is 527 g/mol. The maximum absolute atomic E-state index is 12.8. The Morgan fingerprint density at radius 1 is 0.842 bits per heavy atom. The lowest BCUT2D eigenvalue weighted by Gasteiger charge is -2.11. The third kappa shape index (κ3) is 7.12. The van der Waals surface area contributed by atoms with Gasteiger partial charge in [0.1, 0.15) is 12.4 Å². The molecule has 0 spiro atoms. The zero-order chi connectivity index (χ0) is 26.9. The summed E-state index contributed by atoms with van der Waals surface area (Å²) in [6.45, 7) is 0.277. The van der Waals surface area contributed by atoms with Gasteiger partial charge in [-0.2, -0.15) is 5.10 Å². The maximum Gasteiger partial charge on any atom is 0.343 e. The molecule has 0 atom stereocenters. The van der Waals surface area contributed by atoms with E-state index < -0.39 is 11.9 Å². The van der Waals surface area contributed by atoms with Crippen LogP contribution in [0.25, 0.3) is 0 Å². The second kappa shape index (κ2) is 12.8. The number of para-hydroxylation sites is 1. The first-order chi connectivity index (χ1) is 18.4. The molecule has 0 heterocycles. The number of nitrogens with zero attached hydrogens (tertiary/aromatic N) is 1. The molecule has 0 saturated carbocycles. The first-order valence-corrected chi connectivity index (χ1v) is 12.1. The number of methoxy groups -OCH3 is 1. The van der Waals surface area contributed by atoms with Crippen molar-refractivity contribution in [3.8, 4) is 17.2 Å². The van der Waals surface area contributed by atoms with E-state index in [2.05, 4.69) is 10.5 Å². The summed E-state index contributed by atoms with van der Waals surface area (Å²) in [4.78, 5) is 25.2. The summed E-state index contributed by atoms with van der Waals surface area (Å²) in [5.74, 6) is -0.00774. The van der Waals surface area contributed by atoms with Crippen molar-refractivity contribution >= 4 is 41.3 Å². The molecule has 0 bridgehead atoms. The smallest absolute Gasteiger partial charge is 0.343 e. The Hall–Kier alpha value is -4.33. The fourth-order valence-electron chi connectivity index (χ4n) is 3.34. The van der Waals surface area contributed by atoms with Gasteiger partial charge in [0.25, 0.3) is 5.91 Å². The largest absolute Gasteiger partial charge is 0.493 e. The van der Waals surface area contributed by atoms with Crippen LogP contribution in [0.2, 0.25) is 10.0 Å². The number of rotatable bonds is 9. The summed E-state index contributed by atoms with van der Waals surface area (Å²) in [7, 11) is 1.46. The minimum Gasteiger partial charge on any atom is -0.493 e. The van der Waals surface area contributed by atoms with Crippen molar-refractivity contribution in [1.82, 2.24) is 5.43 Å². The number of carbonyl (C=O) groups is 2. The second-order valence-corrected chi connectivity index (χ2v) is 8.79. The highest BCUT2D eigenvalue weighted by atomic mass is 35.5. The highest BCUT2D eigenvalue weighted by Gasteiger charge is 2.14. The van der Waals surface area contributed by atoms with Crippen LogP contribution < -0.4 is 19.6 Å². The molecule has 0 aromatic heterocycles. The Morgan fingerprint density at radius 2 is 1.53 bits per heavy atom. The number of benzene rings is 4. The zero-order valence-corrected chi connectivity index (χ0v) is 21.7. The van der Waals surface area contributed by atoms with Crippen LogP contribution in [0.1, 0.15) is 31.8 Å². The molecule has 0 aliphatic carbocycles. The minimum absolute atomic E-state index is 0.236. The Bertz CT molecular complexity index is 1460. The fraction of sp³-hybridized carbons (Fsp3) is 0.0690. The molecule has 0 aliphatic heterocycles. The molecule has 4 aromatic carbocycles. The molecule has 0 unspecified atom stereocenters. The van der Waals surface area contributed by atoms with Gasteiger partial charge in [0.15, 0.2) is 11.5 Å². The van der Waals surface area contributed by atoms with Crippen molar-refractivity contribution in [3.63, 3.8) is 0 Å². The Balaban J connectivity index is 1.39. The van der Waals surface area contributed by atoms with Crippen LogP contribution in [0, 0.1) is 0 Å². The molecule has 0 radical (unpaired) electrons. The Kier molecular flexibility index (Phi) is 8.98. The number of carbonyl (C=O) groups excluding carboxylic acids is 2. The highest BCUT2D eigenvalue weighted by molar-refractivity contribution is 6.30. The van der Waals surface area contributed by atoms with Crippen molar-refractivity contribution < 1.29 is 23.8 Å². The van der Waals surface area contributed by atoms with Crippen LogP contribution in [-0.4, -0.2) is 25.2 Å². The number of esters is 1. The average Bonchev–Trinajstić information content (AvgIpc) is 2.94. The lowest BCUT2D eigenvalue weighted by molar-refractivity contribution is 0.0729. The number of hydrogen-bond donors (Lipinski definition) is 1. The molecule has 38 heavy (non-hydrogen) atoms. The van der Waals surface area contributed by atoms with Crippen LogP contribution in [0.5, 0.6) is 17.2 Å². The summed E-state index contributed by atoms with van der Waals surface area (Å²) < 4.78 is 16.6. The van der Waals surface area contributed by atoms with E-state index in [0.29, 0.717) is 38.2 Å². The van der Waals surface area contributed by atoms with Crippen LogP contribution in [0.4, 0.5) is 0 Å². The molecule has 4 rings (SSSR count). The number of ether oxygens (including phenoxy) is 3. The monoisotopic (exact) mass is 548 g/mol. The maximum atomic E-state index is 12.8. The number of hydrazone groups is 1. The van der Waals surface area contributed by atoms with E-state index in [4.69, 9.17) is 37.4 Å². The van der Waals surface area contributed by atoms with Crippen LogP contribution in [-0.2, 0) is 6.61 Å². The molecule has 0 saturated heterocycles. The molecular formula is C29H22Cl2N2O5. The van der Waals surface area contributed by atoms with Crippen LogP contribution in [0.3, 0.4) is 0 Å². The molecule has 9 heteroatoms. The lowest BCUT2D eigenvalue weighted by atomic mass is 10.2. The molecule has 192 valence electrons. The second-order valence-electron chi connectivity index (χ2n) is 7.92. The van der Waals surface area contributed by atoms with Crippen LogP contribution in [0.15, 0.2) is 96.1 Å². The number of halogens is 2. The molecule has 4 aromatic rings. The summed E-state index contributed by atoms with van der Waals surface area (Å²) in [5.41, 5.74) is 4.71. The van der Waals surface area contributed by atoms with Crippen molar-refractivity contribution in [2.24, 2.45) is 5.10 Å². The third-order valence-corrected chi connectivity index (χ3v) is 5.79. The highest BCUT2D eigenvalue weighted by Crippen LogP contribution is 2.28. The summed E-state index contributed by atoms with van der Waals surface area (Å²) in [6, 6.07) is 25.4. The first kappa shape index (κ1) is 26.7. The zero-order valence-electron chi connectivity index (χ0n) is 20.2. The van der Waals surface area contributed by atoms with E-state index in [0.717, 1.165) is 5.56 Å². The summed E-state index contributed by atoms with van der Waals surface area (Å²) >= 11 is 11.8. The van der Waals surface area contributed by atoms with Gasteiger partial charge in [-0.25, -0.2) is 10.2 Å². The average molecular weight is 549 g/mol. The van der Waals surface area contributed by atoms with Gasteiger partial charge in [-0.15, -0.1) is 0 Å². The van der Waals surface area contributed by atoms with Crippen molar-refractivity contribution in [2.75, 3.05) is 7.11 Å². The van der Waals surface area contributed by atoms with E-state index in [1.807, 2.05) is 12.1 Å². The van der Waals surface area contributed by atoms with Crippen LogP contribution >= 0.6 is 23.2 Å². The van der Waals surface area contributed by atoms with Gasteiger partial charge in [0.2, 0.25) is 0 Å². The van der Waals surface area contributed by atoms with Gasteiger partial charge in [-0.1, -0.05) is 47.5 Å². The molecule has 0 aliphatic rings. The SMILES string of the molecule is COc1cc(/C=N\NC(=O)c2ccccc2OCc2ccc(Cl)cc2)ccc1OC(=O)c1ccc(Cl)cc1. The predicted molar refractivity (Wildman–Crippen MR) is 147 cm³/mol. The van der Waals surface area contributed by atoms with E-state index in [1.54, 1.807) is 78.9 Å². The van der Waals surface area contributed by atoms with E-state index in [1.165, 1.54) is 13.3 Å². The van der Waals surface area contributed by atoms with Crippen molar-refractivity contribution in [2.45, 2.75) is 6.61 Å². The Morgan fingerprint density at radius 3 is 2.24 bits per heavy atom. The van der Waals surface area contributed by atoms with E-state index in [9.17, 15) is 9.59 Å². The van der Waals surface area contributed by atoms with Gasteiger partial charge < -0.3 is 14.2 Å². The molecule has 1 amide bonds. The minimum atomic E-state index is -0.550. The number of nitrogens with one attached hydrogen (secondary N) is 1. The van der Waals surface area contributed by atoms with Crippen molar-refractivity contribution in [1.29, 1.82) is 0 Å². The van der Waals surface area contributed by atoms with Gasteiger partial charge in [-0.3, -0.25) is 4.79 Å². The standard InChI is InChI=1S/C29H22Cl2N2O5/c1-36-27-16-20(8-15-26(27)38-29(35)21-9-13-23(31)14-10-21)17-32-33-28(34)24-4-2-3-5-25(24)37-18-19-6-11-22(30)12-7-19/h2-17H,18H2,1H3,(H,33,34)/b32-17-. The number of hydrogen-bond acceptors (Lipinski definition) is 6. The van der Waals surface area contributed by atoms with Crippen molar-refractivity contribution in [3.05, 3.63) is 123 Å². The van der Waals surface area contributed by atoms with Gasteiger partial charge >= 0.3 is 5.97 Å². The van der Waals surface area contributed by atoms with Gasteiger partial charge in [-0.05, 0) is 77.9 Å². The lowest BCUT2D eigenvalue weighted by Crippen LogP contribution is -2.18. The summed E-state index contributed by atoms with van der Waals surface area (Å²) in [5, 5.41) is 5.19.